The summed E-state index contributed by atoms with van der Waals surface area (Å²) in [5, 5.41) is 9.56. The lowest BCUT2D eigenvalue weighted by Crippen LogP contribution is -2.34. The number of aliphatic imine (C=N–C) groups is 1. The molecular formula is C40H52N4S2. The van der Waals surface area contributed by atoms with Gasteiger partial charge in [-0.2, -0.15) is 0 Å². The molecule has 4 aromatic carbocycles. The zero-order chi connectivity index (χ0) is 34.2. The van der Waals surface area contributed by atoms with Crippen LogP contribution in [0.25, 0.3) is 0 Å². The second kappa shape index (κ2) is 19.1. The molecule has 0 amide bonds. The Kier molecular flexibility index (Phi) is 16.0. The van der Waals surface area contributed by atoms with Crippen molar-refractivity contribution in [3.8, 4) is 0 Å². The van der Waals surface area contributed by atoms with Gasteiger partial charge in [0.25, 0.3) is 0 Å². The maximum Gasteiger partial charge on any atom is 0.166 e. The molecule has 0 unspecified atom stereocenters. The van der Waals surface area contributed by atoms with E-state index in [1.807, 2.05) is 0 Å². The molecule has 0 aliphatic carbocycles. The fraction of sp³-hybridized carbons (Fsp3) is 0.350. The largest absolute Gasteiger partial charge is 0.359 e. The summed E-state index contributed by atoms with van der Waals surface area (Å²) in [6.45, 7) is 20.2. The van der Waals surface area contributed by atoms with Crippen LogP contribution in [0, 0.1) is 13.8 Å². The van der Waals surface area contributed by atoms with Crippen LogP contribution in [0.3, 0.4) is 0 Å². The number of nitrogens with one attached hydrogen (secondary N) is 2. The van der Waals surface area contributed by atoms with E-state index in [1.54, 1.807) is 0 Å². The van der Waals surface area contributed by atoms with Gasteiger partial charge < -0.3 is 16.4 Å². The standard InChI is InChI=1S/C20H26N2S.C12H15NS.C8H11N/c1-15-5-7-16(8-6-15)13-21-19(23)22-14-17-9-11-18(12-10-17)20(2,3)4;1-12(2,3)11-6-4-10(5-7-11)8-13-9-14;1-7-2-4-8(6-9)5-3-7/h5-12H,13-14H2,1-4H3,(H2,21,22,23);4-7H,8H2,1-3H3;2-5H,6,9H2,1H3. The molecule has 0 aliphatic heterocycles. The van der Waals surface area contributed by atoms with Crippen LogP contribution >= 0.6 is 24.4 Å². The van der Waals surface area contributed by atoms with Gasteiger partial charge in [0.1, 0.15) is 0 Å². The fourth-order valence-electron chi connectivity index (χ4n) is 4.21. The van der Waals surface area contributed by atoms with E-state index in [0.717, 1.165) is 13.1 Å². The molecule has 4 rings (SSSR count). The molecule has 0 aromatic heterocycles. The van der Waals surface area contributed by atoms with Crippen molar-refractivity contribution in [3.05, 3.63) is 142 Å². The lowest BCUT2D eigenvalue weighted by Gasteiger charge is -2.19. The molecule has 0 bridgehead atoms. The Balaban J connectivity index is 0.000000270. The highest BCUT2D eigenvalue weighted by atomic mass is 32.1. The maximum absolute atomic E-state index is 5.40. The summed E-state index contributed by atoms with van der Waals surface area (Å²) in [6.07, 6.45) is 0. The van der Waals surface area contributed by atoms with E-state index >= 15 is 0 Å². The molecule has 0 spiro atoms. The van der Waals surface area contributed by atoms with Gasteiger partial charge in [-0.25, -0.2) is 4.99 Å². The number of nitrogens with zero attached hydrogens (tertiary/aromatic N) is 1. The summed E-state index contributed by atoms with van der Waals surface area (Å²) >= 11 is 9.86. The Hall–Kier alpha value is -3.67. The quantitative estimate of drug-likeness (QED) is 0.137. The number of hydrogen-bond acceptors (Lipinski definition) is 4. The Morgan fingerprint density at radius 2 is 0.957 bits per heavy atom. The van der Waals surface area contributed by atoms with Crippen molar-refractivity contribution >= 4 is 34.7 Å². The number of isothiocyanates is 1. The second-order valence-electron chi connectivity index (χ2n) is 13.5. The van der Waals surface area contributed by atoms with Crippen molar-refractivity contribution in [2.24, 2.45) is 10.7 Å². The molecule has 0 aliphatic rings. The molecule has 0 atom stereocenters. The van der Waals surface area contributed by atoms with Crippen LogP contribution in [-0.2, 0) is 37.0 Å². The molecule has 46 heavy (non-hydrogen) atoms. The molecule has 0 heterocycles. The fourth-order valence-corrected chi connectivity index (χ4v) is 4.42. The number of rotatable bonds is 7. The third-order valence-corrected chi connectivity index (χ3v) is 7.77. The molecule has 0 saturated carbocycles. The van der Waals surface area contributed by atoms with Gasteiger partial charge in [0.15, 0.2) is 5.11 Å². The van der Waals surface area contributed by atoms with E-state index in [1.165, 1.54) is 44.5 Å². The third kappa shape index (κ3) is 15.1. The average Bonchev–Trinajstić information content (AvgIpc) is 3.03. The Morgan fingerprint density at radius 3 is 1.30 bits per heavy atom. The van der Waals surface area contributed by atoms with Gasteiger partial charge in [0.05, 0.1) is 11.7 Å². The van der Waals surface area contributed by atoms with Crippen LogP contribution in [0.15, 0.2) is 102 Å². The molecule has 0 fully saturated rings. The smallest absolute Gasteiger partial charge is 0.166 e. The van der Waals surface area contributed by atoms with Crippen LogP contribution in [0.5, 0.6) is 0 Å². The summed E-state index contributed by atoms with van der Waals surface area (Å²) in [5.41, 5.74) is 15.9. The molecule has 244 valence electrons. The highest BCUT2D eigenvalue weighted by Gasteiger charge is 2.13. The Bertz CT molecular complexity index is 1510. The predicted molar refractivity (Wildman–Crippen MR) is 206 cm³/mol. The van der Waals surface area contributed by atoms with Crippen molar-refractivity contribution in [2.45, 2.75) is 92.4 Å². The van der Waals surface area contributed by atoms with E-state index in [4.69, 9.17) is 18.0 Å². The van der Waals surface area contributed by atoms with E-state index in [-0.39, 0.29) is 10.8 Å². The highest BCUT2D eigenvalue weighted by molar-refractivity contribution is 7.80. The average molecular weight is 653 g/mol. The van der Waals surface area contributed by atoms with Crippen LogP contribution < -0.4 is 16.4 Å². The van der Waals surface area contributed by atoms with Crippen LogP contribution in [0.1, 0.15) is 86.1 Å². The first kappa shape index (κ1) is 38.5. The number of nitrogens with two attached hydrogens (primary N) is 1. The minimum atomic E-state index is 0.191. The number of thiocarbonyl (C=S) groups is 2. The third-order valence-electron chi connectivity index (χ3n) is 7.35. The summed E-state index contributed by atoms with van der Waals surface area (Å²) in [4.78, 5) is 3.90. The Labute approximate surface area is 289 Å². The van der Waals surface area contributed by atoms with Crippen molar-refractivity contribution < 1.29 is 0 Å². The zero-order valence-corrected chi connectivity index (χ0v) is 30.5. The van der Waals surface area contributed by atoms with Gasteiger partial charge in [-0.05, 0) is 82.5 Å². The van der Waals surface area contributed by atoms with Crippen LogP contribution in [0.4, 0.5) is 0 Å². The summed E-state index contributed by atoms with van der Waals surface area (Å²) in [6, 6.07) is 33.9. The second-order valence-corrected chi connectivity index (χ2v) is 14.1. The molecule has 4 aromatic rings. The first-order chi connectivity index (χ1) is 21.7. The monoisotopic (exact) mass is 652 g/mol. The van der Waals surface area contributed by atoms with Gasteiger partial charge in [-0.1, -0.05) is 150 Å². The van der Waals surface area contributed by atoms with Gasteiger partial charge in [-0.3, -0.25) is 0 Å². The minimum absolute atomic E-state index is 0.191. The normalized spacial score (nSPS) is 10.7. The zero-order valence-electron chi connectivity index (χ0n) is 28.9. The highest BCUT2D eigenvalue weighted by Crippen LogP contribution is 2.23. The number of benzene rings is 4. The summed E-state index contributed by atoms with van der Waals surface area (Å²) < 4.78 is 0. The Morgan fingerprint density at radius 1 is 0.609 bits per heavy atom. The minimum Gasteiger partial charge on any atom is -0.359 e. The van der Waals surface area contributed by atoms with E-state index in [9.17, 15) is 0 Å². The van der Waals surface area contributed by atoms with Crippen molar-refractivity contribution in [1.29, 1.82) is 0 Å². The van der Waals surface area contributed by atoms with Crippen LogP contribution in [0.2, 0.25) is 0 Å². The predicted octanol–water partition coefficient (Wildman–Crippen LogP) is 9.50. The molecule has 0 radical (unpaired) electrons. The summed E-state index contributed by atoms with van der Waals surface area (Å²) in [5.74, 6) is 0. The van der Waals surface area contributed by atoms with E-state index in [2.05, 4.69) is 185 Å². The van der Waals surface area contributed by atoms with Gasteiger partial charge in [0, 0.05) is 19.6 Å². The van der Waals surface area contributed by atoms with Gasteiger partial charge in [-0.15, -0.1) is 0 Å². The van der Waals surface area contributed by atoms with Crippen molar-refractivity contribution in [2.75, 3.05) is 0 Å². The van der Waals surface area contributed by atoms with Crippen molar-refractivity contribution in [3.63, 3.8) is 0 Å². The SMILES string of the molecule is CC(C)(C)c1ccc(CN=C=S)cc1.Cc1ccc(CN)cc1.Cc1ccc(CNC(=S)NCc2ccc(C(C)(C)C)cc2)cc1. The van der Waals surface area contributed by atoms with E-state index in [0.29, 0.717) is 18.2 Å². The summed E-state index contributed by atoms with van der Waals surface area (Å²) in [7, 11) is 0. The molecule has 4 N–H and O–H groups in total. The molecule has 4 nitrogen and oxygen atoms in total. The first-order valence-corrected chi connectivity index (χ1v) is 16.6. The lowest BCUT2D eigenvalue weighted by molar-refractivity contribution is 0.589. The molecular weight excluding hydrogens is 601 g/mol. The number of aryl methyl sites for hydroxylation is 2. The first-order valence-electron chi connectivity index (χ1n) is 15.8. The molecule has 0 saturated heterocycles. The number of hydrogen-bond donors (Lipinski definition) is 3. The van der Waals surface area contributed by atoms with Gasteiger partial charge >= 0.3 is 0 Å². The van der Waals surface area contributed by atoms with Gasteiger partial charge in [0.2, 0.25) is 0 Å². The van der Waals surface area contributed by atoms with Crippen molar-refractivity contribution in [1.82, 2.24) is 10.6 Å². The van der Waals surface area contributed by atoms with Crippen LogP contribution in [-0.4, -0.2) is 10.3 Å². The van der Waals surface area contributed by atoms with E-state index < -0.39 is 0 Å². The maximum atomic E-state index is 5.40. The lowest BCUT2D eigenvalue weighted by atomic mass is 9.87. The molecule has 6 heteroatoms. The topological polar surface area (TPSA) is 62.4 Å².